The lowest BCUT2D eigenvalue weighted by atomic mass is 9.87. The van der Waals surface area contributed by atoms with E-state index in [9.17, 15) is 9.59 Å². The second-order valence-electron chi connectivity index (χ2n) is 5.84. The molecule has 0 aliphatic carbocycles. The molecule has 1 aliphatic rings. The molecule has 25 heavy (non-hydrogen) atoms. The van der Waals surface area contributed by atoms with Crippen LogP contribution in [0.4, 0.5) is 0 Å². The van der Waals surface area contributed by atoms with E-state index in [1.54, 1.807) is 0 Å². The van der Waals surface area contributed by atoms with Crippen LogP contribution in [-0.4, -0.2) is 11.8 Å². The molecule has 3 aromatic carbocycles. The van der Waals surface area contributed by atoms with Crippen molar-refractivity contribution >= 4 is 17.4 Å². The largest absolute Gasteiger partial charge is 0.289 e. The summed E-state index contributed by atoms with van der Waals surface area (Å²) in [4.78, 5) is 24.1. The Morgan fingerprint density at radius 1 is 0.600 bits per heavy atom. The Morgan fingerprint density at radius 3 is 1.56 bits per heavy atom. The van der Waals surface area contributed by atoms with Crippen LogP contribution in [0, 0.1) is 0 Å². The molecule has 3 nitrogen and oxygen atoms in total. The average Bonchev–Trinajstić information content (AvgIpc) is 3.00. The van der Waals surface area contributed by atoms with Gasteiger partial charge in [-0.05, 0) is 22.3 Å². The summed E-state index contributed by atoms with van der Waals surface area (Å²) in [6, 6.07) is 25.7. The number of amides is 2. The van der Waals surface area contributed by atoms with Crippen LogP contribution in [0.2, 0.25) is 0 Å². The Bertz CT molecular complexity index is 931. The number of benzene rings is 3. The molecule has 0 bridgehead atoms. The van der Waals surface area contributed by atoms with Crippen LogP contribution in [0.25, 0.3) is 27.8 Å². The molecule has 1 heterocycles. The maximum absolute atomic E-state index is 12.4. The fourth-order valence-corrected chi connectivity index (χ4v) is 3.16. The average molecular weight is 325 g/mol. The highest BCUT2D eigenvalue weighted by molar-refractivity contribution is 6.35. The van der Waals surface area contributed by atoms with Gasteiger partial charge < -0.3 is 0 Å². The first kappa shape index (κ1) is 15.1. The van der Waals surface area contributed by atoms with Gasteiger partial charge in [0.1, 0.15) is 0 Å². The summed E-state index contributed by atoms with van der Waals surface area (Å²) in [5.41, 5.74) is 5.05. The van der Waals surface area contributed by atoms with Gasteiger partial charge in [-0.15, -0.1) is 0 Å². The minimum atomic E-state index is -0.373. The minimum absolute atomic E-state index is 0.356. The fourth-order valence-electron chi connectivity index (χ4n) is 3.16. The van der Waals surface area contributed by atoms with E-state index in [0.717, 1.165) is 27.8 Å². The van der Waals surface area contributed by atoms with Crippen molar-refractivity contribution in [1.82, 2.24) is 5.32 Å². The van der Waals surface area contributed by atoms with Crippen molar-refractivity contribution in [1.29, 1.82) is 0 Å². The standard InChI is InChI=1S/C22H15NO2/c24-20-14-19(22(25)23-20)21-17(15-8-3-1-4-9-15)12-7-13-18(21)16-10-5-2-6-11-16/h1-14H,(H,23,24,25). The summed E-state index contributed by atoms with van der Waals surface area (Å²) < 4.78 is 0. The summed E-state index contributed by atoms with van der Waals surface area (Å²) in [7, 11) is 0. The molecule has 0 fully saturated rings. The first-order valence-electron chi connectivity index (χ1n) is 8.05. The van der Waals surface area contributed by atoms with E-state index in [1.165, 1.54) is 6.08 Å². The normalized spacial score (nSPS) is 13.5. The first-order valence-corrected chi connectivity index (χ1v) is 8.05. The summed E-state index contributed by atoms with van der Waals surface area (Å²) in [5, 5.41) is 2.35. The van der Waals surface area contributed by atoms with Gasteiger partial charge in [0.25, 0.3) is 11.8 Å². The van der Waals surface area contributed by atoms with Gasteiger partial charge in [0, 0.05) is 11.6 Å². The maximum Gasteiger partial charge on any atom is 0.258 e. The maximum atomic E-state index is 12.4. The smallest absolute Gasteiger partial charge is 0.258 e. The number of hydrogen-bond donors (Lipinski definition) is 1. The van der Waals surface area contributed by atoms with Crippen LogP contribution >= 0.6 is 0 Å². The van der Waals surface area contributed by atoms with Crippen molar-refractivity contribution in [3.63, 3.8) is 0 Å². The van der Waals surface area contributed by atoms with E-state index < -0.39 is 0 Å². The number of imide groups is 1. The zero-order valence-corrected chi connectivity index (χ0v) is 13.4. The highest BCUT2D eigenvalue weighted by Gasteiger charge is 2.27. The van der Waals surface area contributed by atoms with E-state index in [4.69, 9.17) is 0 Å². The van der Waals surface area contributed by atoms with Crippen molar-refractivity contribution < 1.29 is 9.59 Å². The Morgan fingerprint density at radius 2 is 1.12 bits per heavy atom. The van der Waals surface area contributed by atoms with Crippen molar-refractivity contribution in [2.75, 3.05) is 0 Å². The molecular formula is C22H15NO2. The zero-order chi connectivity index (χ0) is 17.2. The van der Waals surface area contributed by atoms with Crippen molar-refractivity contribution in [2.24, 2.45) is 0 Å². The van der Waals surface area contributed by atoms with Gasteiger partial charge in [-0.2, -0.15) is 0 Å². The van der Waals surface area contributed by atoms with Gasteiger partial charge in [-0.3, -0.25) is 14.9 Å². The van der Waals surface area contributed by atoms with E-state index in [-0.39, 0.29) is 11.8 Å². The topological polar surface area (TPSA) is 46.2 Å². The lowest BCUT2D eigenvalue weighted by molar-refractivity contribution is -0.123. The molecule has 0 aromatic heterocycles. The molecule has 3 aromatic rings. The van der Waals surface area contributed by atoms with Gasteiger partial charge in [-0.1, -0.05) is 78.9 Å². The second-order valence-corrected chi connectivity index (χ2v) is 5.84. The van der Waals surface area contributed by atoms with E-state index >= 15 is 0 Å². The molecule has 120 valence electrons. The lowest BCUT2D eigenvalue weighted by Gasteiger charge is -2.15. The molecule has 1 aliphatic heterocycles. The molecule has 0 radical (unpaired) electrons. The Balaban J connectivity index is 2.02. The monoisotopic (exact) mass is 325 g/mol. The van der Waals surface area contributed by atoms with E-state index in [1.807, 2.05) is 78.9 Å². The highest BCUT2D eigenvalue weighted by Crippen LogP contribution is 2.38. The highest BCUT2D eigenvalue weighted by atomic mass is 16.2. The quantitative estimate of drug-likeness (QED) is 0.738. The van der Waals surface area contributed by atoms with E-state index in [2.05, 4.69) is 5.32 Å². The molecule has 0 saturated heterocycles. The van der Waals surface area contributed by atoms with Crippen LogP contribution in [0.5, 0.6) is 0 Å². The third-order valence-corrected chi connectivity index (χ3v) is 4.26. The number of nitrogens with one attached hydrogen (secondary N) is 1. The molecule has 0 saturated carbocycles. The van der Waals surface area contributed by atoms with Crippen LogP contribution in [0.15, 0.2) is 84.9 Å². The summed E-state index contributed by atoms with van der Waals surface area (Å²) in [6.07, 6.45) is 1.39. The SMILES string of the molecule is O=C1C=C(c2c(-c3ccccc3)cccc2-c2ccccc2)C(=O)N1. The predicted octanol–water partition coefficient (Wildman–Crippen LogP) is 4.06. The molecule has 1 N–H and O–H groups in total. The van der Waals surface area contributed by atoms with Crippen molar-refractivity contribution in [2.45, 2.75) is 0 Å². The molecular weight excluding hydrogens is 310 g/mol. The minimum Gasteiger partial charge on any atom is -0.289 e. The third kappa shape index (κ3) is 2.76. The van der Waals surface area contributed by atoms with Crippen LogP contribution in [0.3, 0.4) is 0 Å². The van der Waals surface area contributed by atoms with Gasteiger partial charge in [0.15, 0.2) is 0 Å². The van der Waals surface area contributed by atoms with Crippen molar-refractivity contribution in [3.8, 4) is 22.3 Å². The van der Waals surface area contributed by atoms with Crippen LogP contribution < -0.4 is 5.32 Å². The number of hydrogen-bond acceptors (Lipinski definition) is 2. The molecule has 4 rings (SSSR count). The van der Waals surface area contributed by atoms with E-state index in [0.29, 0.717) is 5.57 Å². The number of carbonyl (C=O) groups excluding carboxylic acids is 2. The van der Waals surface area contributed by atoms with Gasteiger partial charge >= 0.3 is 0 Å². The summed E-state index contributed by atoms with van der Waals surface area (Å²) >= 11 is 0. The molecule has 3 heteroatoms. The number of carbonyl (C=O) groups is 2. The Kier molecular flexibility index (Phi) is 3.75. The molecule has 0 atom stereocenters. The Labute approximate surface area is 145 Å². The summed E-state index contributed by atoms with van der Waals surface area (Å²) in [5.74, 6) is -0.729. The summed E-state index contributed by atoms with van der Waals surface area (Å²) in [6.45, 7) is 0. The predicted molar refractivity (Wildman–Crippen MR) is 98.4 cm³/mol. The molecule has 2 amide bonds. The first-order chi connectivity index (χ1) is 12.2. The molecule has 0 unspecified atom stereocenters. The van der Waals surface area contributed by atoms with Crippen LogP contribution in [-0.2, 0) is 9.59 Å². The van der Waals surface area contributed by atoms with Gasteiger partial charge in [0.2, 0.25) is 0 Å². The second kappa shape index (κ2) is 6.21. The van der Waals surface area contributed by atoms with Crippen LogP contribution in [0.1, 0.15) is 5.56 Å². The zero-order valence-electron chi connectivity index (χ0n) is 13.4. The van der Waals surface area contributed by atoms with Gasteiger partial charge in [-0.25, -0.2) is 0 Å². The van der Waals surface area contributed by atoms with Crippen molar-refractivity contribution in [3.05, 3.63) is 90.5 Å². The third-order valence-electron chi connectivity index (χ3n) is 4.26. The molecule has 0 spiro atoms. The van der Waals surface area contributed by atoms with Gasteiger partial charge in [0.05, 0.1) is 5.57 Å². The Hall–Kier alpha value is -3.46. The number of rotatable bonds is 3. The lowest BCUT2D eigenvalue weighted by Crippen LogP contribution is -2.22. The fraction of sp³-hybridized carbons (Fsp3) is 0.